The second kappa shape index (κ2) is 8.55. The third-order valence-corrected chi connectivity index (χ3v) is 6.55. The number of carbonyl (C=O) groups excluding carboxylic acids is 1. The van der Waals surface area contributed by atoms with Crippen LogP contribution in [0.3, 0.4) is 0 Å². The summed E-state index contributed by atoms with van der Waals surface area (Å²) in [5, 5.41) is 2.67. The van der Waals surface area contributed by atoms with Gasteiger partial charge in [-0.15, -0.1) is 11.3 Å². The van der Waals surface area contributed by atoms with E-state index in [9.17, 15) is 14.0 Å². The molecule has 1 N–H and O–H groups in total. The SMILES string of the molecule is O=C(Nc1cccc(OCc2cc(=O)n3c4c(sc3n2)CCCC4)c1)c1ccccc1F. The number of thiazole rings is 1. The van der Waals surface area contributed by atoms with Gasteiger partial charge in [0.1, 0.15) is 18.2 Å². The van der Waals surface area contributed by atoms with Gasteiger partial charge >= 0.3 is 0 Å². The lowest BCUT2D eigenvalue weighted by atomic mass is 10.0. The third-order valence-electron chi connectivity index (χ3n) is 5.41. The Hall–Kier alpha value is -3.52. The number of halogens is 1. The first-order chi connectivity index (χ1) is 15.6. The van der Waals surface area contributed by atoms with Crippen molar-refractivity contribution in [3.8, 4) is 5.75 Å². The molecule has 2 heterocycles. The van der Waals surface area contributed by atoms with Crippen molar-refractivity contribution in [3.63, 3.8) is 0 Å². The summed E-state index contributed by atoms with van der Waals surface area (Å²) in [6.45, 7) is 0.124. The number of rotatable bonds is 5. The van der Waals surface area contributed by atoms with Crippen LogP contribution in [0.25, 0.3) is 4.96 Å². The van der Waals surface area contributed by atoms with Crippen LogP contribution in [-0.4, -0.2) is 15.3 Å². The van der Waals surface area contributed by atoms with E-state index in [0.29, 0.717) is 22.1 Å². The lowest BCUT2D eigenvalue weighted by molar-refractivity contribution is 0.102. The Bertz CT molecular complexity index is 1380. The quantitative estimate of drug-likeness (QED) is 0.483. The van der Waals surface area contributed by atoms with Gasteiger partial charge in [0.2, 0.25) is 0 Å². The van der Waals surface area contributed by atoms with Crippen LogP contribution < -0.4 is 15.6 Å². The Morgan fingerprint density at radius 3 is 2.84 bits per heavy atom. The minimum atomic E-state index is -0.583. The topological polar surface area (TPSA) is 72.7 Å². The van der Waals surface area contributed by atoms with Gasteiger partial charge in [-0.05, 0) is 49.9 Å². The maximum absolute atomic E-state index is 13.8. The van der Waals surface area contributed by atoms with Gasteiger partial charge in [0.25, 0.3) is 11.5 Å². The van der Waals surface area contributed by atoms with Gasteiger partial charge in [-0.25, -0.2) is 9.37 Å². The standard InChI is InChI=1S/C24H20FN3O3S/c25-19-9-2-1-8-18(19)23(30)26-15-6-5-7-17(12-15)31-14-16-13-22(29)28-20-10-3-4-11-21(20)32-24(28)27-16/h1-2,5-9,12-13H,3-4,10-11,14H2,(H,26,30). The molecular weight excluding hydrogens is 429 g/mol. The van der Waals surface area contributed by atoms with Crippen molar-refractivity contribution in [1.29, 1.82) is 0 Å². The fourth-order valence-corrected chi connectivity index (χ4v) is 5.11. The van der Waals surface area contributed by atoms with E-state index in [-0.39, 0.29) is 17.7 Å². The summed E-state index contributed by atoms with van der Waals surface area (Å²) in [6.07, 6.45) is 4.16. The molecule has 0 fully saturated rings. The molecule has 0 radical (unpaired) electrons. The number of anilines is 1. The molecule has 0 spiro atoms. The monoisotopic (exact) mass is 449 g/mol. The smallest absolute Gasteiger partial charge is 0.259 e. The normalized spacial score (nSPS) is 13.0. The fraction of sp³-hybridized carbons (Fsp3) is 0.208. The number of ether oxygens (including phenoxy) is 1. The van der Waals surface area contributed by atoms with Crippen molar-refractivity contribution in [1.82, 2.24) is 9.38 Å². The minimum absolute atomic E-state index is 0.0320. The predicted molar refractivity (Wildman–Crippen MR) is 121 cm³/mol. The average Bonchev–Trinajstić information content (AvgIpc) is 3.17. The van der Waals surface area contributed by atoms with Crippen LogP contribution in [-0.2, 0) is 19.4 Å². The summed E-state index contributed by atoms with van der Waals surface area (Å²) in [7, 11) is 0. The van der Waals surface area contributed by atoms with Crippen molar-refractivity contribution >= 4 is 27.9 Å². The van der Waals surface area contributed by atoms with E-state index in [0.717, 1.165) is 31.4 Å². The van der Waals surface area contributed by atoms with Gasteiger partial charge in [0, 0.05) is 28.4 Å². The Morgan fingerprint density at radius 2 is 1.97 bits per heavy atom. The Balaban J connectivity index is 1.31. The molecule has 0 atom stereocenters. The van der Waals surface area contributed by atoms with Crippen molar-refractivity contribution in [2.75, 3.05) is 5.32 Å². The first-order valence-electron chi connectivity index (χ1n) is 10.4. The van der Waals surface area contributed by atoms with Crippen LogP contribution in [0.4, 0.5) is 10.1 Å². The predicted octanol–water partition coefficient (Wildman–Crippen LogP) is 4.61. The molecule has 6 nitrogen and oxygen atoms in total. The van der Waals surface area contributed by atoms with Crippen LogP contribution in [0.1, 0.15) is 39.5 Å². The summed E-state index contributed by atoms with van der Waals surface area (Å²) in [6, 6.07) is 14.1. The Morgan fingerprint density at radius 1 is 1.12 bits per heavy atom. The number of hydrogen-bond acceptors (Lipinski definition) is 5. The Kier molecular flexibility index (Phi) is 5.45. The zero-order chi connectivity index (χ0) is 22.1. The van der Waals surface area contributed by atoms with E-state index >= 15 is 0 Å². The van der Waals surface area contributed by atoms with Crippen LogP contribution in [0.15, 0.2) is 59.4 Å². The van der Waals surface area contributed by atoms with Gasteiger partial charge in [0.05, 0.1) is 11.3 Å². The molecule has 1 amide bonds. The van der Waals surface area contributed by atoms with Gasteiger partial charge < -0.3 is 10.1 Å². The molecular formula is C24H20FN3O3S. The van der Waals surface area contributed by atoms with E-state index < -0.39 is 11.7 Å². The number of carbonyl (C=O) groups is 1. The van der Waals surface area contributed by atoms with E-state index in [1.165, 1.54) is 29.1 Å². The van der Waals surface area contributed by atoms with Gasteiger partial charge in [-0.3, -0.25) is 14.0 Å². The number of fused-ring (bicyclic) bond motifs is 3. The van der Waals surface area contributed by atoms with E-state index in [1.54, 1.807) is 46.1 Å². The molecule has 162 valence electrons. The zero-order valence-electron chi connectivity index (χ0n) is 17.1. The van der Waals surface area contributed by atoms with Gasteiger partial charge in [-0.2, -0.15) is 0 Å². The number of aromatic nitrogens is 2. The van der Waals surface area contributed by atoms with Crippen molar-refractivity contribution in [3.05, 3.63) is 92.6 Å². The highest BCUT2D eigenvalue weighted by molar-refractivity contribution is 7.17. The lowest BCUT2D eigenvalue weighted by Crippen LogP contribution is -2.18. The summed E-state index contributed by atoms with van der Waals surface area (Å²) < 4.78 is 21.4. The zero-order valence-corrected chi connectivity index (χ0v) is 18.0. The summed E-state index contributed by atoms with van der Waals surface area (Å²) in [5.74, 6) is -0.619. The molecule has 1 aliphatic rings. The number of nitrogens with one attached hydrogen (secondary N) is 1. The van der Waals surface area contributed by atoms with E-state index in [2.05, 4.69) is 10.3 Å². The molecule has 0 unspecified atom stereocenters. The van der Waals surface area contributed by atoms with Gasteiger partial charge in [0.15, 0.2) is 4.96 Å². The van der Waals surface area contributed by atoms with Crippen LogP contribution >= 0.6 is 11.3 Å². The Labute approximate surface area is 187 Å². The highest BCUT2D eigenvalue weighted by Gasteiger charge is 2.18. The van der Waals surface area contributed by atoms with Gasteiger partial charge in [-0.1, -0.05) is 18.2 Å². The summed E-state index contributed by atoms with van der Waals surface area (Å²) in [5.41, 5.74) is 2.01. The molecule has 5 rings (SSSR count). The highest BCUT2D eigenvalue weighted by Crippen LogP contribution is 2.28. The number of hydrogen-bond donors (Lipinski definition) is 1. The average molecular weight is 450 g/mol. The highest BCUT2D eigenvalue weighted by atomic mass is 32.1. The minimum Gasteiger partial charge on any atom is -0.487 e. The summed E-state index contributed by atoms with van der Waals surface area (Å²) in [4.78, 5) is 31.6. The number of nitrogens with zero attached hydrogens (tertiary/aromatic N) is 2. The van der Waals surface area contributed by atoms with Crippen molar-refractivity contribution in [2.24, 2.45) is 0 Å². The number of amides is 1. The largest absolute Gasteiger partial charge is 0.487 e. The van der Waals surface area contributed by atoms with Crippen LogP contribution in [0, 0.1) is 5.82 Å². The van der Waals surface area contributed by atoms with E-state index in [4.69, 9.17) is 4.74 Å². The maximum Gasteiger partial charge on any atom is 0.259 e. The first-order valence-corrected chi connectivity index (χ1v) is 11.2. The molecule has 0 bridgehead atoms. The molecule has 2 aromatic carbocycles. The van der Waals surface area contributed by atoms with Crippen molar-refractivity contribution < 1.29 is 13.9 Å². The second-order valence-electron chi connectivity index (χ2n) is 7.63. The summed E-state index contributed by atoms with van der Waals surface area (Å²) >= 11 is 1.58. The molecule has 8 heteroatoms. The molecule has 0 saturated carbocycles. The fourth-order valence-electron chi connectivity index (χ4n) is 3.88. The molecule has 32 heavy (non-hydrogen) atoms. The molecule has 1 aliphatic carbocycles. The maximum atomic E-state index is 13.8. The number of benzene rings is 2. The van der Waals surface area contributed by atoms with Crippen LogP contribution in [0.5, 0.6) is 5.75 Å². The molecule has 4 aromatic rings. The molecule has 0 aliphatic heterocycles. The van der Waals surface area contributed by atoms with Crippen LogP contribution in [0.2, 0.25) is 0 Å². The number of aryl methyl sites for hydroxylation is 2. The molecule has 0 saturated heterocycles. The van der Waals surface area contributed by atoms with Crippen molar-refractivity contribution in [2.45, 2.75) is 32.3 Å². The first kappa shape index (κ1) is 20.4. The second-order valence-corrected chi connectivity index (χ2v) is 8.70. The molecule has 2 aromatic heterocycles. The lowest BCUT2D eigenvalue weighted by Gasteiger charge is -2.11. The van der Waals surface area contributed by atoms with E-state index in [1.807, 2.05) is 0 Å². The third kappa shape index (κ3) is 4.01.